The highest BCUT2D eigenvalue weighted by Crippen LogP contribution is 2.39. The number of hydrogen-bond acceptors (Lipinski definition) is 6. The molecule has 7 nitrogen and oxygen atoms in total. The third-order valence-electron chi connectivity index (χ3n) is 5.92. The van der Waals surface area contributed by atoms with E-state index in [0.717, 1.165) is 0 Å². The lowest BCUT2D eigenvalue weighted by Gasteiger charge is -2.45. The molecule has 2 heterocycles. The van der Waals surface area contributed by atoms with Crippen LogP contribution in [0.2, 0.25) is 18.1 Å². The molecule has 164 valence electrons. The van der Waals surface area contributed by atoms with Crippen LogP contribution in [0, 0.1) is 6.92 Å². The minimum absolute atomic E-state index is 0.0151. The second kappa shape index (κ2) is 9.12. The van der Waals surface area contributed by atoms with Gasteiger partial charge in [-0.25, -0.2) is 4.98 Å². The van der Waals surface area contributed by atoms with Gasteiger partial charge in [0.05, 0.1) is 12.1 Å². The van der Waals surface area contributed by atoms with Crippen LogP contribution in [0.1, 0.15) is 57.1 Å². The maximum atomic E-state index is 12.8. The number of carbonyl (C=O) groups is 1. The van der Waals surface area contributed by atoms with Gasteiger partial charge in [0.25, 0.3) is 5.91 Å². The van der Waals surface area contributed by atoms with Crippen molar-refractivity contribution in [1.29, 1.82) is 0 Å². The molecule has 1 fully saturated rings. The lowest BCUT2D eigenvalue weighted by molar-refractivity contribution is -0.204. The Hall–Kier alpha value is -1.48. The fraction of sp³-hybridized carbons (Fsp3) is 0.714. The highest BCUT2D eigenvalue weighted by atomic mass is 28.4. The fourth-order valence-electron chi connectivity index (χ4n) is 3.16. The van der Waals surface area contributed by atoms with Crippen molar-refractivity contribution in [3.8, 4) is 5.75 Å². The van der Waals surface area contributed by atoms with Crippen molar-refractivity contribution in [3.63, 3.8) is 0 Å². The van der Waals surface area contributed by atoms with Crippen molar-refractivity contribution >= 4 is 14.2 Å². The van der Waals surface area contributed by atoms with Crippen LogP contribution in [0.4, 0.5) is 0 Å². The molecule has 0 aliphatic carbocycles. The summed E-state index contributed by atoms with van der Waals surface area (Å²) in [6.45, 7) is 17.0. The molecule has 2 rings (SSSR count). The molecule has 0 radical (unpaired) electrons. The van der Waals surface area contributed by atoms with Crippen molar-refractivity contribution in [2.75, 3.05) is 6.61 Å². The molecule has 0 saturated carbocycles. The summed E-state index contributed by atoms with van der Waals surface area (Å²) in [6, 6.07) is 1.34. The largest absolute Gasteiger partial charge is 0.505 e. The Morgan fingerprint density at radius 2 is 2.07 bits per heavy atom. The van der Waals surface area contributed by atoms with E-state index in [4.69, 9.17) is 13.9 Å². The van der Waals surface area contributed by atoms with Gasteiger partial charge in [-0.3, -0.25) is 4.79 Å². The van der Waals surface area contributed by atoms with Gasteiger partial charge in [-0.15, -0.1) is 0 Å². The van der Waals surface area contributed by atoms with E-state index in [2.05, 4.69) is 44.2 Å². The Morgan fingerprint density at radius 1 is 1.41 bits per heavy atom. The van der Waals surface area contributed by atoms with E-state index in [1.54, 1.807) is 13.0 Å². The number of ether oxygens (including phenoxy) is 2. The van der Waals surface area contributed by atoms with E-state index in [9.17, 15) is 9.90 Å². The van der Waals surface area contributed by atoms with E-state index in [0.29, 0.717) is 18.6 Å². The number of aromatic nitrogens is 1. The van der Waals surface area contributed by atoms with Gasteiger partial charge in [0.15, 0.2) is 14.0 Å². The van der Waals surface area contributed by atoms with Crippen LogP contribution in [0.15, 0.2) is 12.3 Å². The summed E-state index contributed by atoms with van der Waals surface area (Å²) in [5, 5.41) is 13.3. The summed E-state index contributed by atoms with van der Waals surface area (Å²) in [5.74, 6) is -0.534. The molecule has 8 heteroatoms. The van der Waals surface area contributed by atoms with Crippen LogP contribution in [-0.4, -0.2) is 55.5 Å². The van der Waals surface area contributed by atoms with Crippen molar-refractivity contribution in [1.82, 2.24) is 10.3 Å². The lowest BCUT2D eigenvalue weighted by Crippen LogP contribution is -2.58. The number of amides is 1. The molecule has 2 N–H and O–H groups in total. The van der Waals surface area contributed by atoms with Crippen LogP contribution >= 0.6 is 0 Å². The molecule has 1 aromatic rings. The van der Waals surface area contributed by atoms with Gasteiger partial charge in [0, 0.05) is 19.2 Å². The molecular weight excluding hydrogens is 388 g/mol. The number of aryl methyl sites for hydroxylation is 1. The van der Waals surface area contributed by atoms with E-state index >= 15 is 0 Å². The lowest BCUT2D eigenvalue weighted by atomic mass is 9.99. The van der Waals surface area contributed by atoms with Gasteiger partial charge in [-0.2, -0.15) is 0 Å². The number of nitrogens with one attached hydrogen (secondary N) is 1. The van der Waals surface area contributed by atoms with E-state index in [-0.39, 0.29) is 34.7 Å². The van der Waals surface area contributed by atoms with Crippen LogP contribution in [0.25, 0.3) is 0 Å². The molecule has 0 unspecified atom stereocenters. The smallest absolute Gasteiger partial charge is 0.274 e. The second-order valence-electron chi connectivity index (χ2n) is 9.21. The standard InChI is InChI=1S/C21H36N2O5Si/c1-9-26-19-14(3)27-16(28-29(7,8)21(4,5)6)12-15(19)23-20(25)17-18(24)13(2)10-11-22-17/h10-11,14-16,19,24H,9,12H2,1-8H3,(H,23,25)/t14-,15-,16+,19-/m0/s1. The highest BCUT2D eigenvalue weighted by molar-refractivity contribution is 6.74. The zero-order chi connectivity index (χ0) is 22.0. The first-order valence-electron chi connectivity index (χ1n) is 10.3. The quantitative estimate of drug-likeness (QED) is 0.676. The number of rotatable bonds is 6. The maximum absolute atomic E-state index is 12.8. The molecular formula is C21H36N2O5Si. The first kappa shape index (κ1) is 23.8. The molecule has 1 aliphatic rings. The number of pyridine rings is 1. The Labute approximate surface area is 175 Å². The third-order valence-corrected chi connectivity index (χ3v) is 10.4. The molecule has 1 amide bonds. The summed E-state index contributed by atoms with van der Waals surface area (Å²) >= 11 is 0. The number of aromatic hydroxyl groups is 1. The maximum Gasteiger partial charge on any atom is 0.274 e. The van der Waals surface area contributed by atoms with Crippen molar-refractivity contribution in [3.05, 3.63) is 23.5 Å². The Bertz CT molecular complexity index is 720. The number of nitrogens with zero attached hydrogens (tertiary/aromatic N) is 1. The van der Waals surface area contributed by atoms with E-state index < -0.39 is 20.5 Å². The van der Waals surface area contributed by atoms with Crippen molar-refractivity contribution < 1.29 is 23.8 Å². The Kier molecular flexibility index (Phi) is 7.48. The second-order valence-corrected chi connectivity index (χ2v) is 14.0. The first-order valence-corrected chi connectivity index (χ1v) is 13.2. The van der Waals surface area contributed by atoms with Crippen molar-refractivity contribution in [2.24, 2.45) is 0 Å². The number of carbonyl (C=O) groups excluding carboxylic acids is 1. The van der Waals surface area contributed by atoms with E-state index in [1.165, 1.54) is 6.20 Å². The predicted octanol–water partition coefficient (Wildman–Crippen LogP) is 3.76. The van der Waals surface area contributed by atoms with Gasteiger partial charge in [0.2, 0.25) is 0 Å². The van der Waals surface area contributed by atoms with E-state index in [1.807, 2.05) is 13.8 Å². The molecule has 1 saturated heterocycles. The first-order chi connectivity index (χ1) is 13.4. The van der Waals surface area contributed by atoms with Crippen LogP contribution in [0.5, 0.6) is 5.75 Å². The van der Waals surface area contributed by atoms with Crippen LogP contribution < -0.4 is 5.32 Å². The molecule has 0 bridgehead atoms. The normalized spacial score (nSPS) is 25.7. The minimum Gasteiger partial charge on any atom is -0.505 e. The molecule has 29 heavy (non-hydrogen) atoms. The third kappa shape index (κ3) is 5.57. The van der Waals surface area contributed by atoms with Crippen LogP contribution in [0.3, 0.4) is 0 Å². The van der Waals surface area contributed by atoms with Gasteiger partial charge >= 0.3 is 0 Å². The molecule has 0 spiro atoms. The molecule has 1 aliphatic heterocycles. The highest BCUT2D eigenvalue weighted by Gasteiger charge is 2.44. The summed E-state index contributed by atoms with van der Waals surface area (Å²) in [7, 11) is -2.04. The summed E-state index contributed by atoms with van der Waals surface area (Å²) in [4.78, 5) is 16.9. The summed E-state index contributed by atoms with van der Waals surface area (Å²) < 4.78 is 18.4. The average molecular weight is 425 g/mol. The number of hydrogen-bond donors (Lipinski definition) is 2. The summed E-state index contributed by atoms with van der Waals surface area (Å²) in [5.41, 5.74) is 0.618. The van der Waals surface area contributed by atoms with Gasteiger partial charge in [-0.1, -0.05) is 20.8 Å². The topological polar surface area (TPSA) is 89.9 Å². The Morgan fingerprint density at radius 3 is 2.66 bits per heavy atom. The van der Waals surface area contributed by atoms with Gasteiger partial charge < -0.3 is 24.3 Å². The monoisotopic (exact) mass is 424 g/mol. The van der Waals surface area contributed by atoms with Crippen LogP contribution in [-0.2, 0) is 13.9 Å². The minimum atomic E-state index is -2.04. The molecule has 1 aromatic heterocycles. The zero-order valence-corrected chi connectivity index (χ0v) is 19.9. The molecule has 0 aromatic carbocycles. The van der Waals surface area contributed by atoms with Crippen molar-refractivity contribution in [2.45, 2.75) is 90.6 Å². The predicted molar refractivity (Wildman–Crippen MR) is 115 cm³/mol. The average Bonchev–Trinajstić information content (AvgIpc) is 2.59. The van der Waals surface area contributed by atoms with Gasteiger partial charge in [-0.05, 0) is 50.5 Å². The SMILES string of the molecule is CCO[C@@H]1[C@@H](NC(=O)c2nccc(C)c2O)C[C@@H](O[Si](C)(C)C(C)(C)C)O[C@H]1C. The zero-order valence-electron chi connectivity index (χ0n) is 18.9. The summed E-state index contributed by atoms with van der Waals surface area (Å²) in [6.07, 6.45) is 1.00. The Balaban J connectivity index is 2.21. The fourth-order valence-corrected chi connectivity index (χ4v) is 4.32. The molecule has 4 atom stereocenters. The van der Waals surface area contributed by atoms with Gasteiger partial charge in [0.1, 0.15) is 18.1 Å².